The zero-order chi connectivity index (χ0) is 19.7. The number of ketones is 1. The summed E-state index contributed by atoms with van der Waals surface area (Å²) in [6.07, 6.45) is 3.82. The van der Waals surface area contributed by atoms with Crippen LogP contribution in [0, 0.1) is 0 Å². The quantitative estimate of drug-likeness (QED) is 0.448. The average molecular weight is 372 g/mol. The van der Waals surface area contributed by atoms with Crippen molar-refractivity contribution in [3.05, 3.63) is 0 Å². The summed E-state index contributed by atoms with van der Waals surface area (Å²) >= 11 is 0. The van der Waals surface area contributed by atoms with Gasteiger partial charge in [0.1, 0.15) is 5.78 Å². The van der Waals surface area contributed by atoms with E-state index in [0.717, 1.165) is 12.8 Å². The summed E-state index contributed by atoms with van der Waals surface area (Å²) in [5.41, 5.74) is 0. The highest BCUT2D eigenvalue weighted by Gasteiger charge is 2.36. The molecule has 3 N–H and O–H groups in total. The third-order valence-corrected chi connectivity index (χ3v) is 4.56. The fourth-order valence-corrected chi connectivity index (χ4v) is 3.63. The molecule has 0 heterocycles. The lowest BCUT2D eigenvalue weighted by atomic mass is 9.87. The molecule has 1 saturated carbocycles. The molecule has 9 nitrogen and oxygen atoms in total. The van der Waals surface area contributed by atoms with E-state index in [2.05, 4.69) is 0 Å². The number of Topliss-reactive ketones (excluding diaryl/α,β-unsaturated/α-hetero) is 1. The summed E-state index contributed by atoms with van der Waals surface area (Å²) < 4.78 is 0. The van der Waals surface area contributed by atoms with E-state index in [-0.39, 0.29) is 24.9 Å². The van der Waals surface area contributed by atoms with E-state index < -0.39 is 37.0 Å². The predicted molar refractivity (Wildman–Crippen MR) is 92.0 cm³/mol. The van der Waals surface area contributed by atoms with Crippen LogP contribution in [0.2, 0.25) is 0 Å². The Hall–Kier alpha value is -2.00. The van der Waals surface area contributed by atoms with Crippen molar-refractivity contribution in [3.8, 4) is 0 Å². The van der Waals surface area contributed by atoms with Gasteiger partial charge < -0.3 is 15.3 Å². The molecule has 9 heteroatoms. The Labute approximate surface area is 152 Å². The van der Waals surface area contributed by atoms with Crippen LogP contribution in [-0.4, -0.2) is 87.1 Å². The number of hydrogen-bond donors (Lipinski definition) is 3. The number of carboxylic acids is 3. The first kappa shape index (κ1) is 22.0. The first-order chi connectivity index (χ1) is 12.2. The van der Waals surface area contributed by atoms with Gasteiger partial charge >= 0.3 is 17.9 Å². The molecule has 0 aromatic carbocycles. The van der Waals surface area contributed by atoms with E-state index in [1.54, 1.807) is 4.90 Å². The normalized spacial score (nSPS) is 20.3. The van der Waals surface area contributed by atoms with Crippen LogP contribution in [0.1, 0.15) is 45.4 Å². The molecule has 1 aliphatic carbocycles. The van der Waals surface area contributed by atoms with E-state index in [1.807, 2.05) is 6.92 Å². The van der Waals surface area contributed by atoms with Crippen molar-refractivity contribution in [3.63, 3.8) is 0 Å². The monoisotopic (exact) mass is 372 g/mol. The molecule has 2 unspecified atom stereocenters. The average Bonchev–Trinajstić information content (AvgIpc) is 2.52. The Bertz CT molecular complexity index is 507. The number of nitrogens with zero attached hydrogens (tertiary/aromatic N) is 2. The molecular formula is C17H28N2O7. The third kappa shape index (κ3) is 7.49. The number of carboxylic acid groups (broad SMARTS) is 3. The van der Waals surface area contributed by atoms with E-state index in [0.29, 0.717) is 25.7 Å². The maximum absolute atomic E-state index is 12.1. The summed E-state index contributed by atoms with van der Waals surface area (Å²) in [5, 5.41) is 27.5. The maximum Gasteiger partial charge on any atom is 0.317 e. The van der Waals surface area contributed by atoms with Gasteiger partial charge in [0.15, 0.2) is 0 Å². The number of hydrogen-bond acceptors (Lipinski definition) is 6. The lowest BCUT2D eigenvalue weighted by Gasteiger charge is -2.43. The summed E-state index contributed by atoms with van der Waals surface area (Å²) in [6.45, 7) is 0.652. The fourth-order valence-electron chi connectivity index (χ4n) is 3.63. The van der Waals surface area contributed by atoms with E-state index in [1.165, 1.54) is 4.90 Å². The van der Waals surface area contributed by atoms with Crippen molar-refractivity contribution >= 4 is 23.7 Å². The maximum atomic E-state index is 12.1. The van der Waals surface area contributed by atoms with Crippen LogP contribution in [0.25, 0.3) is 0 Å². The van der Waals surface area contributed by atoms with Crippen LogP contribution in [0.4, 0.5) is 0 Å². The van der Waals surface area contributed by atoms with Gasteiger partial charge in [0.05, 0.1) is 26.2 Å². The van der Waals surface area contributed by atoms with Gasteiger partial charge in [0, 0.05) is 18.5 Å². The second kappa shape index (κ2) is 10.9. The van der Waals surface area contributed by atoms with Crippen molar-refractivity contribution in [2.24, 2.45) is 0 Å². The van der Waals surface area contributed by atoms with Gasteiger partial charge in [-0.3, -0.25) is 29.0 Å². The molecule has 0 spiro atoms. The van der Waals surface area contributed by atoms with Gasteiger partial charge in [-0.15, -0.1) is 0 Å². The van der Waals surface area contributed by atoms with Crippen LogP contribution in [-0.2, 0) is 19.2 Å². The topological polar surface area (TPSA) is 135 Å². The predicted octanol–water partition coefficient (Wildman–Crippen LogP) is 0.525. The zero-order valence-corrected chi connectivity index (χ0v) is 15.1. The van der Waals surface area contributed by atoms with Crippen molar-refractivity contribution < 1.29 is 34.5 Å². The minimum Gasteiger partial charge on any atom is -0.480 e. The lowest BCUT2D eigenvalue weighted by Crippen LogP contribution is -2.57. The Kier molecular flexibility index (Phi) is 9.22. The minimum atomic E-state index is -1.14. The molecule has 0 amide bonds. The molecule has 1 aliphatic rings. The van der Waals surface area contributed by atoms with Gasteiger partial charge in [0.25, 0.3) is 0 Å². The van der Waals surface area contributed by atoms with Crippen molar-refractivity contribution in [2.45, 2.75) is 57.5 Å². The van der Waals surface area contributed by atoms with Crippen LogP contribution < -0.4 is 0 Å². The molecule has 26 heavy (non-hydrogen) atoms. The Balaban J connectivity index is 3.04. The zero-order valence-electron chi connectivity index (χ0n) is 15.1. The first-order valence-electron chi connectivity index (χ1n) is 8.89. The molecule has 0 aromatic heterocycles. The van der Waals surface area contributed by atoms with Crippen LogP contribution in [0.15, 0.2) is 0 Å². The summed E-state index contributed by atoms with van der Waals surface area (Å²) in [4.78, 5) is 48.6. The van der Waals surface area contributed by atoms with E-state index >= 15 is 0 Å². The number of aliphatic carboxylic acids is 3. The molecule has 0 aromatic rings. The van der Waals surface area contributed by atoms with Crippen LogP contribution in [0.5, 0.6) is 0 Å². The molecule has 1 rings (SSSR count). The fraction of sp³-hybridized carbons (Fsp3) is 0.765. The van der Waals surface area contributed by atoms with Gasteiger partial charge in [-0.25, -0.2) is 0 Å². The Morgan fingerprint density at radius 2 is 1.15 bits per heavy atom. The molecule has 0 saturated heterocycles. The highest BCUT2D eigenvalue weighted by molar-refractivity contribution is 5.81. The minimum absolute atomic E-state index is 0.0186. The van der Waals surface area contributed by atoms with Crippen LogP contribution in [0.3, 0.4) is 0 Å². The molecule has 0 aliphatic heterocycles. The van der Waals surface area contributed by atoms with E-state index in [4.69, 9.17) is 10.2 Å². The standard InChI is InChI=1S/C17H28N2O7/c1-2-5-12(20)8-18(9-15(21)22)13-6-3-4-7-14(13)19(10-16(23)24)11-17(25)26/h13-14H,2-11H2,1H3,(H,21,22)(H,23,24)(H,25,26). The molecule has 0 radical (unpaired) electrons. The summed E-state index contributed by atoms with van der Waals surface area (Å²) in [7, 11) is 0. The Morgan fingerprint density at radius 1 is 0.769 bits per heavy atom. The van der Waals surface area contributed by atoms with Gasteiger partial charge in [-0.1, -0.05) is 19.8 Å². The number of carbonyl (C=O) groups is 4. The van der Waals surface area contributed by atoms with Crippen molar-refractivity contribution in [1.29, 1.82) is 0 Å². The van der Waals surface area contributed by atoms with E-state index in [9.17, 15) is 24.3 Å². The SMILES string of the molecule is CCCC(=O)CN(CC(=O)O)C1CCCCC1N(CC(=O)O)CC(=O)O. The smallest absolute Gasteiger partial charge is 0.317 e. The molecular weight excluding hydrogens is 344 g/mol. The summed E-state index contributed by atoms with van der Waals surface area (Å²) in [5.74, 6) is -3.41. The van der Waals surface area contributed by atoms with Crippen molar-refractivity contribution in [1.82, 2.24) is 9.80 Å². The number of rotatable bonds is 12. The van der Waals surface area contributed by atoms with Gasteiger partial charge in [-0.2, -0.15) is 0 Å². The Morgan fingerprint density at radius 3 is 1.50 bits per heavy atom. The van der Waals surface area contributed by atoms with Gasteiger partial charge in [0.2, 0.25) is 0 Å². The highest BCUT2D eigenvalue weighted by Crippen LogP contribution is 2.27. The highest BCUT2D eigenvalue weighted by atomic mass is 16.4. The molecule has 148 valence electrons. The molecule has 2 atom stereocenters. The lowest BCUT2D eigenvalue weighted by molar-refractivity contribution is -0.146. The van der Waals surface area contributed by atoms with Crippen molar-refractivity contribution in [2.75, 3.05) is 26.2 Å². The first-order valence-corrected chi connectivity index (χ1v) is 8.89. The summed E-state index contributed by atoms with van der Waals surface area (Å²) in [6, 6.07) is -0.774. The third-order valence-electron chi connectivity index (χ3n) is 4.56. The largest absolute Gasteiger partial charge is 0.480 e. The number of carbonyl (C=O) groups excluding carboxylic acids is 1. The molecule has 1 fully saturated rings. The molecule has 0 bridgehead atoms. The van der Waals surface area contributed by atoms with Crippen LogP contribution >= 0.6 is 0 Å². The van der Waals surface area contributed by atoms with Gasteiger partial charge in [-0.05, 0) is 19.3 Å². The second-order valence-corrected chi connectivity index (χ2v) is 6.70. The second-order valence-electron chi connectivity index (χ2n) is 6.70.